The van der Waals surface area contributed by atoms with Crippen molar-refractivity contribution in [3.8, 4) is 0 Å². The summed E-state index contributed by atoms with van der Waals surface area (Å²) in [6.07, 6.45) is 4.21. The van der Waals surface area contributed by atoms with E-state index in [1.807, 2.05) is 6.92 Å². The van der Waals surface area contributed by atoms with E-state index >= 15 is 0 Å². The number of amides is 1. The van der Waals surface area contributed by atoms with Crippen LogP contribution in [-0.4, -0.2) is 49.7 Å². The zero-order valence-electron chi connectivity index (χ0n) is 10.1. The van der Waals surface area contributed by atoms with Gasteiger partial charge < -0.3 is 10.1 Å². The van der Waals surface area contributed by atoms with Gasteiger partial charge in [-0.05, 0) is 26.3 Å². The number of carbonyl (C=O) groups is 1. The van der Waals surface area contributed by atoms with E-state index < -0.39 is 0 Å². The van der Waals surface area contributed by atoms with E-state index in [9.17, 15) is 4.79 Å². The lowest BCUT2D eigenvalue weighted by Gasteiger charge is -2.31. The van der Waals surface area contributed by atoms with Crippen LogP contribution < -0.4 is 5.32 Å². The summed E-state index contributed by atoms with van der Waals surface area (Å²) in [4.78, 5) is 13.6. The van der Waals surface area contributed by atoms with Crippen molar-refractivity contribution in [1.82, 2.24) is 10.2 Å². The first-order valence-electron chi connectivity index (χ1n) is 5.97. The molecule has 1 aliphatic heterocycles. The van der Waals surface area contributed by atoms with Crippen LogP contribution >= 0.6 is 0 Å². The van der Waals surface area contributed by atoms with Gasteiger partial charge in [0.05, 0.1) is 12.6 Å². The van der Waals surface area contributed by atoms with Crippen molar-refractivity contribution in [2.45, 2.75) is 25.9 Å². The molecule has 1 atom stereocenters. The Labute approximate surface area is 97.6 Å². The topological polar surface area (TPSA) is 41.6 Å². The standard InChI is InChI=1S/C12H22N2O2/c1-3-7-13-12(15)10-14-8-5-6-11(9-14)16-4-2/h3,11H,1,4-10H2,2H3,(H,13,15). The van der Waals surface area contributed by atoms with Gasteiger partial charge in [-0.15, -0.1) is 6.58 Å². The lowest BCUT2D eigenvalue weighted by atomic mass is 10.1. The summed E-state index contributed by atoms with van der Waals surface area (Å²) in [6.45, 7) is 9.20. The molecule has 1 rings (SSSR count). The molecule has 16 heavy (non-hydrogen) atoms. The maximum Gasteiger partial charge on any atom is 0.234 e. The first kappa shape index (κ1) is 13.2. The Hall–Kier alpha value is -0.870. The SMILES string of the molecule is C=CCNC(=O)CN1CCCC(OCC)C1. The molecule has 0 aromatic rings. The third-order valence-corrected chi connectivity index (χ3v) is 2.68. The lowest BCUT2D eigenvalue weighted by Crippen LogP contribution is -2.45. The number of rotatable bonds is 6. The van der Waals surface area contributed by atoms with Crippen LogP contribution in [0.15, 0.2) is 12.7 Å². The summed E-state index contributed by atoms with van der Waals surface area (Å²) in [5.41, 5.74) is 0. The number of likely N-dealkylation sites (tertiary alicyclic amines) is 1. The van der Waals surface area contributed by atoms with Crippen LogP contribution in [0.1, 0.15) is 19.8 Å². The minimum absolute atomic E-state index is 0.0667. The molecule has 1 amide bonds. The van der Waals surface area contributed by atoms with Crippen molar-refractivity contribution in [3.05, 3.63) is 12.7 Å². The molecule has 1 N–H and O–H groups in total. The van der Waals surface area contributed by atoms with E-state index in [0.29, 0.717) is 19.2 Å². The second-order valence-electron chi connectivity index (χ2n) is 4.05. The van der Waals surface area contributed by atoms with E-state index in [1.165, 1.54) is 0 Å². The third kappa shape index (κ3) is 4.77. The second kappa shape index (κ2) is 7.41. The Morgan fingerprint density at radius 3 is 3.19 bits per heavy atom. The summed E-state index contributed by atoms with van der Waals surface area (Å²) in [5, 5.41) is 2.79. The molecular formula is C12H22N2O2. The largest absolute Gasteiger partial charge is 0.377 e. The molecule has 4 nitrogen and oxygen atoms in total. The molecule has 0 aromatic carbocycles. The number of hydrogen-bond donors (Lipinski definition) is 1. The number of carbonyl (C=O) groups excluding carboxylic acids is 1. The van der Waals surface area contributed by atoms with Gasteiger partial charge in [0.15, 0.2) is 0 Å². The molecular weight excluding hydrogens is 204 g/mol. The number of piperidine rings is 1. The first-order valence-corrected chi connectivity index (χ1v) is 5.97. The smallest absolute Gasteiger partial charge is 0.234 e. The average molecular weight is 226 g/mol. The number of hydrogen-bond acceptors (Lipinski definition) is 3. The van der Waals surface area contributed by atoms with E-state index in [-0.39, 0.29) is 5.91 Å². The molecule has 0 spiro atoms. The number of ether oxygens (including phenoxy) is 1. The Kier molecular flexibility index (Phi) is 6.11. The van der Waals surface area contributed by atoms with Crippen LogP contribution in [0.3, 0.4) is 0 Å². The van der Waals surface area contributed by atoms with Crippen molar-refractivity contribution in [2.24, 2.45) is 0 Å². The quantitative estimate of drug-likeness (QED) is 0.681. The summed E-state index contributed by atoms with van der Waals surface area (Å²) >= 11 is 0. The predicted molar refractivity (Wildman–Crippen MR) is 64.3 cm³/mol. The zero-order valence-corrected chi connectivity index (χ0v) is 10.1. The third-order valence-electron chi connectivity index (χ3n) is 2.68. The highest BCUT2D eigenvalue weighted by Crippen LogP contribution is 2.12. The van der Waals surface area contributed by atoms with Gasteiger partial charge in [-0.2, -0.15) is 0 Å². The van der Waals surface area contributed by atoms with Gasteiger partial charge >= 0.3 is 0 Å². The van der Waals surface area contributed by atoms with E-state index in [1.54, 1.807) is 6.08 Å². The normalized spacial score (nSPS) is 21.7. The van der Waals surface area contributed by atoms with Crippen molar-refractivity contribution in [1.29, 1.82) is 0 Å². The average Bonchev–Trinajstić information content (AvgIpc) is 2.27. The van der Waals surface area contributed by atoms with Gasteiger partial charge in [-0.1, -0.05) is 6.08 Å². The van der Waals surface area contributed by atoms with Crippen LogP contribution in [0.4, 0.5) is 0 Å². The van der Waals surface area contributed by atoms with E-state index in [0.717, 1.165) is 32.5 Å². The van der Waals surface area contributed by atoms with Crippen LogP contribution in [0, 0.1) is 0 Å². The highest BCUT2D eigenvalue weighted by molar-refractivity contribution is 5.78. The molecule has 0 aliphatic carbocycles. The molecule has 1 unspecified atom stereocenters. The molecule has 1 heterocycles. The molecule has 1 fully saturated rings. The molecule has 1 saturated heterocycles. The monoisotopic (exact) mass is 226 g/mol. The van der Waals surface area contributed by atoms with Crippen LogP contribution in [0.5, 0.6) is 0 Å². The minimum atomic E-state index is 0.0667. The summed E-state index contributed by atoms with van der Waals surface area (Å²) in [5.74, 6) is 0.0667. The van der Waals surface area contributed by atoms with Crippen LogP contribution in [0.25, 0.3) is 0 Å². The van der Waals surface area contributed by atoms with Crippen molar-refractivity contribution < 1.29 is 9.53 Å². The highest BCUT2D eigenvalue weighted by Gasteiger charge is 2.21. The summed E-state index contributed by atoms with van der Waals surface area (Å²) < 4.78 is 5.59. The molecule has 92 valence electrons. The summed E-state index contributed by atoms with van der Waals surface area (Å²) in [7, 11) is 0. The van der Waals surface area contributed by atoms with Gasteiger partial charge in [0.2, 0.25) is 5.91 Å². The molecule has 1 aliphatic rings. The Bertz CT molecular complexity index is 229. The molecule has 4 heteroatoms. The number of nitrogens with one attached hydrogen (secondary N) is 1. The van der Waals surface area contributed by atoms with Crippen LogP contribution in [-0.2, 0) is 9.53 Å². The highest BCUT2D eigenvalue weighted by atomic mass is 16.5. The first-order chi connectivity index (χ1) is 7.76. The van der Waals surface area contributed by atoms with Crippen molar-refractivity contribution in [3.63, 3.8) is 0 Å². The zero-order chi connectivity index (χ0) is 11.8. The van der Waals surface area contributed by atoms with Gasteiger partial charge in [0, 0.05) is 19.7 Å². The molecule has 0 saturated carbocycles. The maximum absolute atomic E-state index is 11.5. The molecule has 0 bridgehead atoms. The second-order valence-corrected chi connectivity index (χ2v) is 4.05. The van der Waals surface area contributed by atoms with Gasteiger partial charge in [-0.3, -0.25) is 9.69 Å². The maximum atomic E-state index is 11.5. The van der Waals surface area contributed by atoms with Crippen molar-refractivity contribution >= 4 is 5.91 Å². The Morgan fingerprint density at radius 2 is 2.50 bits per heavy atom. The predicted octanol–water partition coefficient (Wildman–Crippen LogP) is 0.789. The van der Waals surface area contributed by atoms with E-state index in [4.69, 9.17) is 4.74 Å². The van der Waals surface area contributed by atoms with Crippen LogP contribution in [0.2, 0.25) is 0 Å². The molecule has 0 radical (unpaired) electrons. The fourth-order valence-corrected chi connectivity index (χ4v) is 1.97. The fraction of sp³-hybridized carbons (Fsp3) is 0.750. The van der Waals surface area contributed by atoms with Gasteiger partial charge in [-0.25, -0.2) is 0 Å². The number of nitrogens with zero attached hydrogens (tertiary/aromatic N) is 1. The Morgan fingerprint density at radius 1 is 1.69 bits per heavy atom. The fourth-order valence-electron chi connectivity index (χ4n) is 1.97. The summed E-state index contributed by atoms with van der Waals surface area (Å²) in [6, 6.07) is 0. The van der Waals surface area contributed by atoms with Crippen molar-refractivity contribution in [2.75, 3.05) is 32.8 Å². The Balaban J connectivity index is 2.25. The van der Waals surface area contributed by atoms with Gasteiger partial charge in [0.25, 0.3) is 0 Å². The minimum Gasteiger partial charge on any atom is -0.377 e. The van der Waals surface area contributed by atoms with Gasteiger partial charge in [0.1, 0.15) is 0 Å². The lowest BCUT2D eigenvalue weighted by molar-refractivity contribution is -0.123. The molecule has 0 aromatic heterocycles. The van der Waals surface area contributed by atoms with E-state index in [2.05, 4.69) is 16.8 Å².